The second-order valence-corrected chi connectivity index (χ2v) is 5.18. The summed E-state index contributed by atoms with van der Waals surface area (Å²) in [6, 6.07) is 11.1. The molecule has 6 heteroatoms. The molecule has 4 nitrogen and oxygen atoms in total. The Morgan fingerprint density at radius 1 is 1.10 bits per heavy atom. The Morgan fingerprint density at radius 2 is 1.65 bits per heavy atom. The minimum absolute atomic E-state index is 0.0538. The highest BCUT2D eigenvalue weighted by molar-refractivity contribution is 6.36. The van der Waals surface area contributed by atoms with Gasteiger partial charge < -0.3 is 5.73 Å². The zero-order chi connectivity index (χ0) is 14.7. The lowest BCUT2D eigenvalue weighted by Gasteiger charge is -2.15. The van der Waals surface area contributed by atoms with Crippen molar-refractivity contribution in [3.8, 4) is 0 Å². The predicted molar refractivity (Wildman–Crippen MR) is 80.2 cm³/mol. The van der Waals surface area contributed by atoms with Gasteiger partial charge in [0.2, 0.25) is 0 Å². The van der Waals surface area contributed by atoms with Crippen molar-refractivity contribution >= 4 is 28.9 Å². The quantitative estimate of drug-likeness (QED) is 0.681. The van der Waals surface area contributed by atoms with Crippen LogP contribution in [-0.2, 0) is 6.42 Å². The Labute approximate surface area is 126 Å². The zero-order valence-electron chi connectivity index (χ0n) is 10.4. The normalized spacial score (nSPS) is 12.2. The molecule has 0 bridgehead atoms. The Hall–Kier alpha value is -1.62. The number of rotatable bonds is 4. The van der Waals surface area contributed by atoms with Crippen molar-refractivity contribution in [2.45, 2.75) is 12.5 Å². The molecule has 20 heavy (non-hydrogen) atoms. The van der Waals surface area contributed by atoms with Crippen LogP contribution in [0.5, 0.6) is 0 Å². The van der Waals surface area contributed by atoms with Crippen molar-refractivity contribution in [1.29, 1.82) is 0 Å². The molecule has 0 saturated carbocycles. The van der Waals surface area contributed by atoms with E-state index >= 15 is 0 Å². The Morgan fingerprint density at radius 3 is 2.15 bits per heavy atom. The maximum atomic E-state index is 10.6. The molecule has 0 fully saturated rings. The lowest BCUT2D eigenvalue weighted by molar-refractivity contribution is -0.384. The summed E-state index contributed by atoms with van der Waals surface area (Å²) in [6.45, 7) is 0. The Kier molecular flexibility index (Phi) is 4.60. The van der Waals surface area contributed by atoms with Crippen LogP contribution >= 0.6 is 23.2 Å². The number of benzene rings is 2. The molecule has 2 N–H and O–H groups in total. The van der Waals surface area contributed by atoms with Gasteiger partial charge in [-0.15, -0.1) is 0 Å². The average molecular weight is 311 g/mol. The number of hydrogen-bond acceptors (Lipinski definition) is 3. The number of nitrogens with zero attached hydrogens (tertiary/aromatic N) is 1. The summed E-state index contributed by atoms with van der Waals surface area (Å²) in [5, 5.41) is 11.6. The number of nitrogens with two attached hydrogens (primary N) is 1. The SMILES string of the molecule is NC(Cc1ccc([N+](=O)[O-])cc1)c1c(Cl)cccc1Cl. The fourth-order valence-electron chi connectivity index (χ4n) is 1.97. The number of hydrogen-bond donors (Lipinski definition) is 1. The molecular formula is C14H12Cl2N2O2. The van der Waals surface area contributed by atoms with Crippen molar-refractivity contribution in [3.63, 3.8) is 0 Å². The van der Waals surface area contributed by atoms with Gasteiger partial charge in [-0.1, -0.05) is 41.4 Å². The van der Waals surface area contributed by atoms with Crippen molar-refractivity contribution in [2.24, 2.45) is 5.73 Å². The number of non-ortho nitro benzene ring substituents is 1. The first kappa shape index (κ1) is 14.8. The molecule has 0 aliphatic carbocycles. The van der Waals surface area contributed by atoms with Crippen molar-refractivity contribution < 1.29 is 4.92 Å². The van der Waals surface area contributed by atoms with E-state index < -0.39 is 4.92 Å². The van der Waals surface area contributed by atoms with E-state index in [1.807, 2.05) is 0 Å². The summed E-state index contributed by atoms with van der Waals surface area (Å²) in [7, 11) is 0. The summed E-state index contributed by atoms with van der Waals surface area (Å²) in [4.78, 5) is 10.2. The topological polar surface area (TPSA) is 69.2 Å². The predicted octanol–water partition coefficient (Wildman–Crippen LogP) is 4.14. The number of nitro benzene ring substituents is 1. The van der Waals surface area contributed by atoms with Gasteiger partial charge in [0.05, 0.1) is 4.92 Å². The summed E-state index contributed by atoms with van der Waals surface area (Å²) in [5.74, 6) is 0. The van der Waals surface area contributed by atoms with Crippen LogP contribution in [0.4, 0.5) is 5.69 Å². The van der Waals surface area contributed by atoms with Crippen LogP contribution in [0.3, 0.4) is 0 Å². The Balaban J connectivity index is 2.19. The zero-order valence-corrected chi connectivity index (χ0v) is 11.9. The third-order valence-electron chi connectivity index (χ3n) is 2.97. The van der Waals surface area contributed by atoms with Gasteiger partial charge in [-0.3, -0.25) is 10.1 Å². The first-order valence-corrected chi connectivity index (χ1v) is 6.67. The minimum Gasteiger partial charge on any atom is -0.324 e. The van der Waals surface area contributed by atoms with Gasteiger partial charge in [0.25, 0.3) is 5.69 Å². The molecule has 2 rings (SSSR count). The molecule has 2 aromatic rings. The molecule has 0 amide bonds. The first-order valence-electron chi connectivity index (χ1n) is 5.92. The number of nitro groups is 1. The molecule has 0 aliphatic heterocycles. The van der Waals surface area contributed by atoms with Crippen molar-refractivity contribution in [1.82, 2.24) is 0 Å². The van der Waals surface area contributed by atoms with Gasteiger partial charge in [-0.25, -0.2) is 0 Å². The van der Waals surface area contributed by atoms with Crippen molar-refractivity contribution in [3.05, 3.63) is 73.8 Å². The molecule has 1 unspecified atom stereocenters. The van der Waals surface area contributed by atoms with Gasteiger partial charge in [0, 0.05) is 33.8 Å². The maximum Gasteiger partial charge on any atom is 0.269 e. The Bertz CT molecular complexity index is 609. The maximum absolute atomic E-state index is 10.6. The average Bonchev–Trinajstić information content (AvgIpc) is 2.39. The van der Waals surface area contributed by atoms with E-state index in [0.29, 0.717) is 22.0 Å². The summed E-state index contributed by atoms with van der Waals surface area (Å²) < 4.78 is 0. The van der Waals surface area contributed by atoms with Crippen LogP contribution in [0.2, 0.25) is 10.0 Å². The third kappa shape index (κ3) is 3.28. The lowest BCUT2D eigenvalue weighted by Crippen LogP contribution is -2.14. The van der Waals surface area contributed by atoms with Crippen molar-refractivity contribution in [2.75, 3.05) is 0 Å². The highest BCUT2D eigenvalue weighted by Crippen LogP contribution is 2.31. The molecule has 0 heterocycles. The molecule has 104 valence electrons. The van der Waals surface area contributed by atoms with E-state index in [0.717, 1.165) is 5.56 Å². The van der Waals surface area contributed by atoms with Crippen LogP contribution in [0.15, 0.2) is 42.5 Å². The first-order chi connectivity index (χ1) is 9.49. The summed E-state index contributed by atoms with van der Waals surface area (Å²) in [6.07, 6.45) is 0.501. The standard InChI is InChI=1S/C14H12Cl2N2O2/c15-11-2-1-3-12(16)14(11)13(17)8-9-4-6-10(7-5-9)18(19)20/h1-7,13H,8,17H2. The number of halogens is 2. The molecule has 1 atom stereocenters. The van der Waals surface area contributed by atoms with Gasteiger partial charge >= 0.3 is 0 Å². The molecule has 0 aromatic heterocycles. The molecule has 2 aromatic carbocycles. The highest BCUT2D eigenvalue weighted by Gasteiger charge is 2.15. The molecule has 0 spiro atoms. The highest BCUT2D eigenvalue weighted by atomic mass is 35.5. The van der Waals surface area contributed by atoms with Crippen LogP contribution in [-0.4, -0.2) is 4.92 Å². The van der Waals surface area contributed by atoms with Gasteiger partial charge in [0.1, 0.15) is 0 Å². The summed E-state index contributed by atoms with van der Waals surface area (Å²) in [5.41, 5.74) is 7.75. The van der Waals surface area contributed by atoms with E-state index in [9.17, 15) is 10.1 Å². The minimum atomic E-state index is -0.436. The van der Waals surface area contributed by atoms with E-state index in [4.69, 9.17) is 28.9 Å². The van der Waals surface area contributed by atoms with Crippen LogP contribution in [0.25, 0.3) is 0 Å². The van der Waals surface area contributed by atoms with E-state index in [1.165, 1.54) is 12.1 Å². The van der Waals surface area contributed by atoms with Gasteiger partial charge in [-0.05, 0) is 24.1 Å². The molecule has 0 saturated heterocycles. The van der Waals surface area contributed by atoms with E-state index in [-0.39, 0.29) is 11.7 Å². The van der Waals surface area contributed by atoms with Gasteiger partial charge in [-0.2, -0.15) is 0 Å². The summed E-state index contributed by atoms with van der Waals surface area (Å²) >= 11 is 12.2. The molecule has 0 aliphatic rings. The van der Waals surface area contributed by atoms with Crippen LogP contribution < -0.4 is 5.73 Å². The van der Waals surface area contributed by atoms with E-state index in [2.05, 4.69) is 0 Å². The fraction of sp³-hybridized carbons (Fsp3) is 0.143. The molecular weight excluding hydrogens is 299 g/mol. The third-order valence-corrected chi connectivity index (χ3v) is 3.63. The molecule has 0 radical (unpaired) electrons. The van der Waals surface area contributed by atoms with Gasteiger partial charge in [0.15, 0.2) is 0 Å². The largest absolute Gasteiger partial charge is 0.324 e. The fourth-order valence-corrected chi connectivity index (χ4v) is 2.65. The lowest BCUT2D eigenvalue weighted by atomic mass is 9.99. The second kappa shape index (κ2) is 6.22. The van der Waals surface area contributed by atoms with E-state index in [1.54, 1.807) is 30.3 Å². The smallest absolute Gasteiger partial charge is 0.269 e. The van der Waals surface area contributed by atoms with Crippen LogP contribution in [0.1, 0.15) is 17.2 Å². The second-order valence-electron chi connectivity index (χ2n) is 4.37. The monoisotopic (exact) mass is 310 g/mol. The van der Waals surface area contributed by atoms with Crippen LogP contribution in [0, 0.1) is 10.1 Å².